The Bertz CT molecular complexity index is 540. The van der Waals surface area contributed by atoms with E-state index in [1.54, 1.807) is 11.4 Å². The summed E-state index contributed by atoms with van der Waals surface area (Å²) in [5.74, 6) is -0.300. The van der Waals surface area contributed by atoms with Gasteiger partial charge in [-0.05, 0) is 29.5 Å². The van der Waals surface area contributed by atoms with E-state index in [2.05, 4.69) is 38.1 Å². The van der Waals surface area contributed by atoms with Crippen LogP contribution < -0.4 is 0 Å². The van der Waals surface area contributed by atoms with Gasteiger partial charge in [-0.15, -0.1) is 11.3 Å². The molecule has 1 aromatic carbocycles. The van der Waals surface area contributed by atoms with Crippen LogP contribution in [0.3, 0.4) is 0 Å². The van der Waals surface area contributed by atoms with Crippen molar-refractivity contribution in [1.29, 1.82) is 0 Å². The third kappa shape index (κ3) is 2.62. The Morgan fingerprint density at radius 1 is 1.33 bits per heavy atom. The SMILES string of the molecule is CCC(C)c1ccc(-c2cc(C(=O)O)cs2)cc1. The van der Waals surface area contributed by atoms with Crippen LogP contribution >= 0.6 is 11.3 Å². The number of carboxylic acid groups (broad SMARTS) is 1. The molecule has 94 valence electrons. The molecule has 0 amide bonds. The van der Waals surface area contributed by atoms with Crippen LogP contribution in [0.4, 0.5) is 0 Å². The molecule has 0 saturated heterocycles. The highest BCUT2D eigenvalue weighted by atomic mass is 32.1. The van der Waals surface area contributed by atoms with Crippen LogP contribution in [0, 0.1) is 0 Å². The van der Waals surface area contributed by atoms with Crippen LogP contribution in [0.15, 0.2) is 35.7 Å². The predicted octanol–water partition coefficient (Wildman–Crippen LogP) is 4.63. The third-order valence-electron chi connectivity index (χ3n) is 3.22. The van der Waals surface area contributed by atoms with Crippen molar-refractivity contribution in [3.63, 3.8) is 0 Å². The first-order valence-electron chi connectivity index (χ1n) is 6.04. The molecule has 0 aliphatic carbocycles. The van der Waals surface area contributed by atoms with E-state index in [4.69, 9.17) is 5.11 Å². The van der Waals surface area contributed by atoms with Crippen LogP contribution in [-0.4, -0.2) is 11.1 Å². The van der Waals surface area contributed by atoms with Gasteiger partial charge in [0.15, 0.2) is 0 Å². The van der Waals surface area contributed by atoms with Crippen molar-refractivity contribution in [2.75, 3.05) is 0 Å². The van der Waals surface area contributed by atoms with Gasteiger partial charge in [0.2, 0.25) is 0 Å². The van der Waals surface area contributed by atoms with Gasteiger partial charge >= 0.3 is 5.97 Å². The topological polar surface area (TPSA) is 37.3 Å². The number of benzene rings is 1. The summed E-state index contributed by atoms with van der Waals surface area (Å²) in [5.41, 5.74) is 2.77. The summed E-state index contributed by atoms with van der Waals surface area (Å²) in [5, 5.41) is 10.6. The minimum absolute atomic E-state index is 0.362. The normalized spacial score (nSPS) is 12.3. The highest BCUT2D eigenvalue weighted by Gasteiger charge is 2.08. The largest absolute Gasteiger partial charge is 0.478 e. The van der Waals surface area contributed by atoms with Crippen molar-refractivity contribution >= 4 is 17.3 Å². The van der Waals surface area contributed by atoms with E-state index in [-0.39, 0.29) is 0 Å². The lowest BCUT2D eigenvalue weighted by atomic mass is 9.97. The monoisotopic (exact) mass is 260 g/mol. The standard InChI is InChI=1S/C15H16O2S/c1-3-10(2)11-4-6-12(7-5-11)14-8-13(9-18-14)15(16)17/h4-10H,3H2,1-2H3,(H,16,17). The van der Waals surface area contributed by atoms with Crippen molar-refractivity contribution in [3.05, 3.63) is 46.8 Å². The number of carboxylic acids is 1. The van der Waals surface area contributed by atoms with Crippen molar-refractivity contribution < 1.29 is 9.90 Å². The van der Waals surface area contributed by atoms with Gasteiger partial charge in [-0.3, -0.25) is 0 Å². The summed E-state index contributed by atoms with van der Waals surface area (Å²) < 4.78 is 0. The van der Waals surface area contributed by atoms with E-state index in [1.165, 1.54) is 16.9 Å². The summed E-state index contributed by atoms with van der Waals surface area (Å²) in [4.78, 5) is 11.8. The number of rotatable bonds is 4. The van der Waals surface area contributed by atoms with Gasteiger partial charge in [0, 0.05) is 10.3 Å². The Morgan fingerprint density at radius 3 is 2.50 bits per heavy atom. The van der Waals surface area contributed by atoms with E-state index in [1.807, 2.05) is 0 Å². The average Bonchev–Trinajstić information content (AvgIpc) is 2.88. The minimum atomic E-state index is -0.867. The molecule has 18 heavy (non-hydrogen) atoms. The quantitative estimate of drug-likeness (QED) is 0.870. The molecular weight excluding hydrogens is 244 g/mol. The number of thiophene rings is 1. The first-order valence-corrected chi connectivity index (χ1v) is 6.92. The fourth-order valence-corrected chi connectivity index (χ4v) is 2.70. The smallest absolute Gasteiger partial charge is 0.336 e. The number of hydrogen-bond donors (Lipinski definition) is 1. The Kier molecular flexibility index (Phi) is 3.82. The molecule has 0 saturated carbocycles. The van der Waals surface area contributed by atoms with E-state index in [0.717, 1.165) is 16.9 Å². The first kappa shape index (κ1) is 12.8. The molecule has 2 nitrogen and oxygen atoms in total. The first-order chi connectivity index (χ1) is 8.61. The van der Waals surface area contributed by atoms with Crippen LogP contribution in [0.1, 0.15) is 42.1 Å². The molecule has 1 unspecified atom stereocenters. The molecule has 0 fully saturated rings. The lowest BCUT2D eigenvalue weighted by Crippen LogP contribution is -1.92. The van der Waals surface area contributed by atoms with Crippen molar-refractivity contribution in [2.45, 2.75) is 26.2 Å². The van der Waals surface area contributed by atoms with Gasteiger partial charge in [0.05, 0.1) is 5.56 Å². The Morgan fingerprint density at radius 2 is 2.00 bits per heavy atom. The zero-order valence-corrected chi connectivity index (χ0v) is 11.3. The molecule has 2 aromatic rings. The Labute approximate surface area is 111 Å². The molecule has 2 rings (SSSR count). The van der Waals surface area contributed by atoms with Crippen molar-refractivity contribution in [1.82, 2.24) is 0 Å². The molecule has 1 atom stereocenters. The fourth-order valence-electron chi connectivity index (χ4n) is 1.81. The van der Waals surface area contributed by atoms with Gasteiger partial charge < -0.3 is 5.11 Å². The number of carbonyl (C=O) groups is 1. The van der Waals surface area contributed by atoms with Gasteiger partial charge in [-0.1, -0.05) is 38.1 Å². The van der Waals surface area contributed by atoms with E-state index in [0.29, 0.717) is 11.5 Å². The summed E-state index contributed by atoms with van der Waals surface area (Å²) in [7, 11) is 0. The summed E-state index contributed by atoms with van der Waals surface area (Å²) in [6.45, 7) is 4.39. The van der Waals surface area contributed by atoms with Crippen LogP contribution in [0.5, 0.6) is 0 Å². The number of hydrogen-bond acceptors (Lipinski definition) is 2. The molecule has 0 spiro atoms. The fraction of sp³-hybridized carbons (Fsp3) is 0.267. The minimum Gasteiger partial charge on any atom is -0.478 e. The molecule has 0 bridgehead atoms. The summed E-state index contributed by atoms with van der Waals surface area (Å²) in [6.07, 6.45) is 1.13. The second-order valence-electron chi connectivity index (χ2n) is 4.44. The van der Waals surface area contributed by atoms with Crippen LogP contribution in [0.2, 0.25) is 0 Å². The Balaban J connectivity index is 2.25. The molecule has 0 aliphatic rings. The second kappa shape index (κ2) is 5.36. The maximum Gasteiger partial charge on any atom is 0.336 e. The van der Waals surface area contributed by atoms with Gasteiger partial charge in [-0.25, -0.2) is 4.79 Å². The molecule has 1 aromatic heterocycles. The summed E-state index contributed by atoms with van der Waals surface area (Å²) in [6, 6.07) is 10.1. The second-order valence-corrected chi connectivity index (χ2v) is 5.35. The average molecular weight is 260 g/mol. The van der Waals surface area contributed by atoms with Crippen molar-refractivity contribution in [3.8, 4) is 10.4 Å². The lowest BCUT2D eigenvalue weighted by molar-refractivity contribution is 0.0697. The maximum atomic E-state index is 10.8. The lowest BCUT2D eigenvalue weighted by Gasteiger charge is -2.09. The summed E-state index contributed by atoms with van der Waals surface area (Å²) >= 11 is 1.47. The van der Waals surface area contributed by atoms with E-state index >= 15 is 0 Å². The van der Waals surface area contributed by atoms with E-state index in [9.17, 15) is 4.79 Å². The Hall–Kier alpha value is -1.61. The van der Waals surface area contributed by atoms with E-state index < -0.39 is 5.97 Å². The van der Waals surface area contributed by atoms with Gasteiger partial charge in [0.1, 0.15) is 0 Å². The van der Waals surface area contributed by atoms with Gasteiger partial charge in [-0.2, -0.15) is 0 Å². The van der Waals surface area contributed by atoms with Gasteiger partial charge in [0.25, 0.3) is 0 Å². The third-order valence-corrected chi connectivity index (χ3v) is 4.20. The predicted molar refractivity (Wildman–Crippen MR) is 75.4 cm³/mol. The molecule has 0 aliphatic heterocycles. The highest BCUT2D eigenvalue weighted by Crippen LogP contribution is 2.29. The number of aromatic carboxylic acids is 1. The zero-order chi connectivity index (χ0) is 13.1. The van der Waals surface area contributed by atoms with Crippen molar-refractivity contribution in [2.24, 2.45) is 0 Å². The maximum absolute atomic E-state index is 10.8. The molecule has 1 heterocycles. The zero-order valence-electron chi connectivity index (χ0n) is 10.5. The van der Waals surface area contributed by atoms with Crippen LogP contribution in [-0.2, 0) is 0 Å². The molecule has 0 radical (unpaired) electrons. The molecule has 1 N–H and O–H groups in total. The highest BCUT2D eigenvalue weighted by molar-refractivity contribution is 7.13. The van der Waals surface area contributed by atoms with Crippen LogP contribution in [0.25, 0.3) is 10.4 Å². The molecule has 3 heteroatoms. The molecular formula is C15H16O2S.